The van der Waals surface area contributed by atoms with Crippen molar-refractivity contribution < 1.29 is 9.53 Å². The zero-order valence-electron chi connectivity index (χ0n) is 15.6. The number of hydrogen-bond donors (Lipinski definition) is 0. The van der Waals surface area contributed by atoms with Gasteiger partial charge in [0.25, 0.3) is 0 Å². The molecule has 2 heterocycles. The van der Waals surface area contributed by atoms with E-state index in [2.05, 4.69) is 47.1 Å². The highest BCUT2D eigenvalue weighted by atomic mass is 16.5. The molecule has 136 valence electrons. The van der Waals surface area contributed by atoms with Gasteiger partial charge in [-0.05, 0) is 57.5 Å². The van der Waals surface area contributed by atoms with Gasteiger partial charge in [0.1, 0.15) is 5.69 Å². The topological polar surface area (TPSA) is 42.4 Å². The normalized spacial score (nSPS) is 15.2. The fourth-order valence-corrected chi connectivity index (χ4v) is 3.19. The minimum atomic E-state index is -0.378. The molecule has 0 N–H and O–H groups in total. The highest BCUT2D eigenvalue weighted by Crippen LogP contribution is 2.23. The van der Waals surface area contributed by atoms with Gasteiger partial charge in [0, 0.05) is 12.1 Å². The molecule has 1 aliphatic rings. The van der Waals surface area contributed by atoms with E-state index in [0.717, 1.165) is 36.5 Å². The van der Waals surface area contributed by atoms with Crippen molar-refractivity contribution >= 4 is 11.5 Å². The molecule has 3 rings (SSSR count). The maximum Gasteiger partial charge on any atom is 0.356 e. The minimum Gasteiger partial charge on any atom is -0.461 e. The Labute approximate surface area is 155 Å². The van der Waals surface area contributed by atoms with Crippen LogP contribution in [0.15, 0.2) is 48.5 Å². The van der Waals surface area contributed by atoms with Gasteiger partial charge in [-0.3, -0.25) is 4.90 Å². The van der Waals surface area contributed by atoms with Crippen molar-refractivity contribution in [2.75, 3.05) is 26.2 Å². The molecule has 0 unspecified atom stereocenters. The van der Waals surface area contributed by atoms with Gasteiger partial charge < -0.3 is 4.74 Å². The summed E-state index contributed by atoms with van der Waals surface area (Å²) in [6.45, 7) is 7.42. The summed E-state index contributed by atoms with van der Waals surface area (Å²) in [5, 5.41) is 0. The molecule has 0 bridgehead atoms. The monoisotopic (exact) mass is 350 g/mol. The molecule has 26 heavy (non-hydrogen) atoms. The third kappa shape index (κ3) is 4.58. The van der Waals surface area contributed by atoms with E-state index in [4.69, 9.17) is 4.74 Å². The van der Waals surface area contributed by atoms with Crippen LogP contribution < -0.4 is 0 Å². The molecule has 1 aromatic heterocycles. The number of likely N-dealkylation sites (tertiary alicyclic amines) is 1. The summed E-state index contributed by atoms with van der Waals surface area (Å²) in [6.07, 6.45) is 4.77. The Morgan fingerprint density at radius 1 is 1.12 bits per heavy atom. The highest BCUT2D eigenvalue weighted by molar-refractivity contribution is 5.88. The van der Waals surface area contributed by atoms with Crippen molar-refractivity contribution in [1.29, 1.82) is 0 Å². The fourth-order valence-electron chi connectivity index (χ4n) is 3.19. The Bertz CT molecular complexity index is 775. The number of rotatable bonds is 6. The molecule has 0 amide bonds. The number of hydrogen-bond acceptors (Lipinski definition) is 4. The first-order valence-electron chi connectivity index (χ1n) is 9.31. The first-order chi connectivity index (χ1) is 12.7. The lowest BCUT2D eigenvalue weighted by Crippen LogP contribution is -2.19. The average Bonchev–Trinajstić information content (AvgIpc) is 3.17. The van der Waals surface area contributed by atoms with Crippen LogP contribution in [0.25, 0.3) is 5.57 Å². The molecule has 4 nitrogen and oxygen atoms in total. The molecule has 0 radical (unpaired) electrons. The van der Waals surface area contributed by atoms with E-state index in [1.165, 1.54) is 18.4 Å². The molecule has 0 spiro atoms. The molecular formula is C22H26N2O2. The lowest BCUT2D eigenvalue weighted by molar-refractivity contribution is 0.0519. The van der Waals surface area contributed by atoms with Crippen LogP contribution in [0.1, 0.15) is 47.1 Å². The fraction of sp³-hybridized carbons (Fsp3) is 0.364. The number of nitrogens with zero attached hydrogens (tertiary/aromatic N) is 2. The summed E-state index contributed by atoms with van der Waals surface area (Å²) in [7, 11) is 0. The summed E-state index contributed by atoms with van der Waals surface area (Å²) >= 11 is 0. The molecule has 0 aliphatic carbocycles. The standard InChI is InChI=1S/C22H26N2O2/c1-3-26-22(25)21-8-6-7-20(23-21)19(13-16-24-14-4-5-15-24)18-11-9-17(2)10-12-18/h6-13H,3-5,14-16H2,1-2H3. The number of pyridine rings is 1. The summed E-state index contributed by atoms with van der Waals surface area (Å²) in [5.74, 6) is -0.378. The molecule has 0 atom stereocenters. The quantitative estimate of drug-likeness (QED) is 0.736. The third-order valence-corrected chi connectivity index (χ3v) is 4.62. The van der Waals surface area contributed by atoms with Crippen LogP contribution in [-0.2, 0) is 4.74 Å². The number of aryl methyl sites for hydroxylation is 1. The van der Waals surface area contributed by atoms with Gasteiger partial charge in [0.2, 0.25) is 0 Å². The molecule has 1 aromatic carbocycles. The van der Waals surface area contributed by atoms with Gasteiger partial charge in [0.05, 0.1) is 12.3 Å². The Hall–Kier alpha value is -2.46. The van der Waals surface area contributed by atoms with Crippen molar-refractivity contribution in [3.8, 4) is 0 Å². The Balaban J connectivity index is 1.94. The van der Waals surface area contributed by atoms with E-state index < -0.39 is 0 Å². The van der Waals surface area contributed by atoms with Gasteiger partial charge >= 0.3 is 5.97 Å². The van der Waals surface area contributed by atoms with Crippen LogP contribution in [0.4, 0.5) is 0 Å². The van der Waals surface area contributed by atoms with E-state index >= 15 is 0 Å². The number of carbonyl (C=O) groups excluding carboxylic acids is 1. The average molecular weight is 350 g/mol. The minimum absolute atomic E-state index is 0.348. The number of aromatic nitrogens is 1. The largest absolute Gasteiger partial charge is 0.461 e. The van der Waals surface area contributed by atoms with E-state index in [-0.39, 0.29) is 5.97 Å². The zero-order valence-corrected chi connectivity index (χ0v) is 15.6. The summed E-state index contributed by atoms with van der Waals surface area (Å²) < 4.78 is 5.10. The van der Waals surface area contributed by atoms with Crippen LogP contribution in [0, 0.1) is 6.92 Å². The predicted molar refractivity (Wildman–Crippen MR) is 104 cm³/mol. The second-order valence-corrected chi connectivity index (χ2v) is 6.62. The molecule has 1 fully saturated rings. The molecule has 1 aliphatic heterocycles. The summed E-state index contributed by atoms with van der Waals surface area (Å²) in [6, 6.07) is 14.0. The first-order valence-corrected chi connectivity index (χ1v) is 9.31. The van der Waals surface area contributed by atoms with Crippen LogP contribution in [0.2, 0.25) is 0 Å². The first kappa shape index (κ1) is 18.3. The van der Waals surface area contributed by atoms with Crippen LogP contribution in [0.5, 0.6) is 0 Å². The van der Waals surface area contributed by atoms with Crippen molar-refractivity contribution in [2.45, 2.75) is 26.7 Å². The van der Waals surface area contributed by atoms with E-state index in [1.807, 2.05) is 12.1 Å². The van der Waals surface area contributed by atoms with Crippen LogP contribution >= 0.6 is 0 Å². The molecule has 2 aromatic rings. The summed E-state index contributed by atoms with van der Waals surface area (Å²) in [5.41, 5.74) is 4.55. The van der Waals surface area contributed by atoms with Gasteiger partial charge in [0.15, 0.2) is 0 Å². The predicted octanol–water partition coefficient (Wildman–Crippen LogP) is 4.09. The van der Waals surface area contributed by atoms with E-state index in [9.17, 15) is 4.79 Å². The second kappa shape index (κ2) is 8.77. The van der Waals surface area contributed by atoms with Crippen molar-refractivity contribution in [3.05, 3.63) is 71.1 Å². The maximum absolute atomic E-state index is 12.1. The Kier molecular flexibility index (Phi) is 6.18. The van der Waals surface area contributed by atoms with E-state index in [0.29, 0.717) is 12.3 Å². The zero-order chi connectivity index (χ0) is 18.4. The van der Waals surface area contributed by atoms with Crippen molar-refractivity contribution in [3.63, 3.8) is 0 Å². The molecule has 1 saturated heterocycles. The Morgan fingerprint density at radius 2 is 1.81 bits per heavy atom. The number of esters is 1. The summed E-state index contributed by atoms with van der Waals surface area (Å²) in [4.78, 5) is 19.1. The number of ether oxygens (including phenoxy) is 1. The van der Waals surface area contributed by atoms with Gasteiger partial charge in [-0.2, -0.15) is 0 Å². The lowest BCUT2D eigenvalue weighted by Gasteiger charge is -2.14. The maximum atomic E-state index is 12.1. The van der Waals surface area contributed by atoms with E-state index in [1.54, 1.807) is 13.0 Å². The lowest BCUT2D eigenvalue weighted by atomic mass is 10.00. The smallest absolute Gasteiger partial charge is 0.356 e. The highest BCUT2D eigenvalue weighted by Gasteiger charge is 2.14. The molecular weight excluding hydrogens is 324 g/mol. The molecule has 4 heteroatoms. The second-order valence-electron chi connectivity index (χ2n) is 6.62. The Morgan fingerprint density at radius 3 is 2.50 bits per heavy atom. The SMILES string of the molecule is CCOC(=O)c1cccc(C(=CCN2CCCC2)c2ccc(C)cc2)n1. The van der Waals surface area contributed by atoms with Gasteiger partial charge in [-0.15, -0.1) is 0 Å². The van der Waals surface area contributed by atoms with Crippen LogP contribution in [0.3, 0.4) is 0 Å². The van der Waals surface area contributed by atoms with Gasteiger partial charge in [-0.25, -0.2) is 9.78 Å². The van der Waals surface area contributed by atoms with Crippen molar-refractivity contribution in [2.24, 2.45) is 0 Å². The van der Waals surface area contributed by atoms with Crippen LogP contribution in [-0.4, -0.2) is 42.1 Å². The number of carbonyl (C=O) groups is 1. The third-order valence-electron chi connectivity index (χ3n) is 4.62. The number of benzene rings is 1. The van der Waals surface area contributed by atoms with Gasteiger partial charge in [-0.1, -0.05) is 42.0 Å². The van der Waals surface area contributed by atoms with Crippen molar-refractivity contribution in [1.82, 2.24) is 9.88 Å². The molecule has 0 saturated carbocycles.